The normalized spacial score (nSPS) is 21.9. The van der Waals surface area contributed by atoms with Crippen LogP contribution in [0.5, 0.6) is 0 Å². The van der Waals surface area contributed by atoms with Crippen molar-refractivity contribution >= 4 is 33.4 Å². The van der Waals surface area contributed by atoms with Gasteiger partial charge in [0.2, 0.25) is 0 Å². The summed E-state index contributed by atoms with van der Waals surface area (Å²) in [6.45, 7) is 2.78. The molecule has 1 rings (SSSR count). The quantitative estimate of drug-likeness (QED) is 0.00758. The summed E-state index contributed by atoms with van der Waals surface area (Å²) in [5, 5.41) is 41.2. The first-order chi connectivity index (χ1) is 32.5. The monoisotopic (exact) mass is 1000 g/mol. The third kappa shape index (κ3) is 32.6. The van der Waals surface area contributed by atoms with Crippen LogP contribution >= 0.6 is 15.6 Å². The Kier molecular flexibility index (Phi) is 35.7. The fraction of sp³-hybridized carbons (Fsp3) is 0.653. The average Bonchev–Trinajstić information content (AvgIpc) is 3.29. The zero-order valence-electron chi connectivity index (χ0n) is 40.0. The highest BCUT2D eigenvalue weighted by molar-refractivity contribution is 7.47. The lowest BCUT2D eigenvalue weighted by molar-refractivity contribution is -0.216. The van der Waals surface area contributed by atoms with Gasteiger partial charge in [-0.1, -0.05) is 131 Å². The number of allylic oxidation sites excluding steroid dienone is 14. The van der Waals surface area contributed by atoms with Crippen LogP contribution in [0.1, 0.15) is 149 Å². The lowest BCUT2D eigenvalue weighted by atomic mass is 9.85. The van der Waals surface area contributed by atoms with E-state index in [1.54, 1.807) is 12.2 Å². The van der Waals surface area contributed by atoms with E-state index in [0.29, 0.717) is 25.7 Å². The van der Waals surface area contributed by atoms with Gasteiger partial charge in [0.25, 0.3) is 0 Å². The molecule has 0 aromatic carbocycles. The number of esters is 2. The summed E-state index contributed by atoms with van der Waals surface area (Å²) >= 11 is 0. The molecule has 8 atom stereocenters. The molecule has 7 N–H and O–H groups in total. The first kappa shape index (κ1) is 62.9. The van der Waals surface area contributed by atoms with E-state index in [4.69, 9.17) is 18.5 Å². The molecule has 1 saturated carbocycles. The summed E-state index contributed by atoms with van der Waals surface area (Å²) < 4.78 is 49.3. The number of rotatable bonds is 39. The van der Waals surface area contributed by atoms with Gasteiger partial charge in [0.1, 0.15) is 43.2 Å². The van der Waals surface area contributed by atoms with Crippen LogP contribution in [0.3, 0.4) is 0 Å². The van der Waals surface area contributed by atoms with Crippen LogP contribution in [-0.2, 0) is 46.6 Å². The number of phosphoric acid groups is 2. The summed E-state index contributed by atoms with van der Waals surface area (Å²) in [5.41, 5.74) is 0. The Morgan fingerprint density at radius 1 is 0.529 bits per heavy atom. The van der Waals surface area contributed by atoms with Gasteiger partial charge in [-0.2, -0.15) is 0 Å². The van der Waals surface area contributed by atoms with Crippen molar-refractivity contribution in [2.75, 3.05) is 13.2 Å². The first-order valence-corrected chi connectivity index (χ1v) is 27.1. The molecule has 0 aromatic heterocycles. The molecule has 0 spiro atoms. The Bertz CT molecular complexity index is 1700. The number of hydrogen-bond donors (Lipinski definition) is 7. The van der Waals surface area contributed by atoms with Crippen LogP contribution < -0.4 is 0 Å². The summed E-state index contributed by atoms with van der Waals surface area (Å²) in [6, 6.07) is 0. The molecule has 17 nitrogen and oxygen atoms in total. The average molecular weight is 1000 g/mol. The zero-order chi connectivity index (χ0) is 50.5. The second-order valence-electron chi connectivity index (χ2n) is 16.5. The summed E-state index contributed by atoms with van der Waals surface area (Å²) in [7, 11) is -10.7. The van der Waals surface area contributed by atoms with Crippen molar-refractivity contribution in [1.29, 1.82) is 0 Å². The molecule has 19 heteroatoms. The van der Waals surface area contributed by atoms with Crippen LogP contribution in [0.25, 0.3) is 0 Å². The largest absolute Gasteiger partial charge is 0.472 e. The number of ketones is 1. The number of carbonyl (C=O) groups excluding carboxylic acids is 3. The molecule has 1 aliphatic rings. The second-order valence-corrected chi connectivity index (χ2v) is 19.1. The topological polar surface area (TPSA) is 273 Å². The predicted octanol–water partition coefficient (Wildman–Crippen LogP) is 8.57. The summed E-state index contributed by atoms with van der Waals surface area (Å²) in [5.74, 6) is -1.19. The highest BCUT2D eigenvalue weighted by Crippen LogP contribution is 2.49. The van der Waals surface area contributed by atoms with Crippen LogP contribution in [-0.4, -0.2) is 109 Å². The zero-order valence-corrected chi connectivity index (χ0v) is 41.8. The van der Waals surface area contributed by atoms with E-state index in [9.17, 15) is 58.6 Å². The molecule has 68 heavy (non-hydrogen) atoms. The Morgan fingerprint density at radius 3 is 1.62 bits per heavy atom. The minimum Gasteiger partial charge on any atom is -0.462 e. The fourth-order valence-corrected chi connectivity index (χ4v) is 8.22. The van der Waals surface area contributed by atoms with E-state index < -0.39 is 83.5 Å². The van der Waals surface area contributed by atoms with Gasteiger partial charge in [-0.05, 0) is 83.1 Å². The molecule has 388 valence electrons. The lowest BCUT2D eigenvalue weighted by Crippen LogP contribution is -2.64. The first-order valence-electron chi connectivity index (χ1n) is 24.1. The van der Waals surface area contributed by atoms with Gasteiger partial charge in [0.05, 0.1) is 6.61 Å². The van der Waals surface area contributed by atoms with Gasteiger partial charge in [-0.3, -0.25) is 28.0 Å². The Labute approximate surface area is 403 Å². The number of carbonyl (C=O) groups is 3. The van der Waals surface area contributed by atoms with Crippen LogP contribution in [0.4, 0.5) is 0 Å². The van der Waals surface area contributed by atoms with Crippen molar-refractivity contribution in [3.8, 4) is 0 Å². The highest BCUT2D eigenvalue weighted by Gasteiger charge is 2.54. The van der Waals surface area contributed by atoms with Crippen molar-refractivity contribution in [2.24, 2.45) is 0 Å². The molecule has 0 radical (unpaired) electrons. The standard InChI is InChI=1S/C49H80O17P2/c1-3-5-7-8-9-10-11-12-13-14-15-16-17-18-19-22-25-28-32-36-42(51)62-38-41(64-43(52)37-33-29-26-23-20-21-24-27-31-35-40(50)34-30-6-4-2)39-63-68(60,61)66-49-46(55)44(53)45(54)48(47(49)56)65-67(57,58)59/h5,7,9-10,12-13,15-16,18-19,24,27,31,35,41,44-49,53-56H,3-4,6,8,11,14,17,20-23,25-26,28-30,32-34,36-39H2,1-2H3,(H,60,61)(H2,57,58,59)/b7-5-,10-9-,13-12-,16-15-,19-18-,27-24-,35-31+/t41-,44?,45?,46?,47?,48-,49+/m1/s1. The molecule has 0 heterocycles. The molecule has 1 aliphatic carbocycles. The Balaban J connectivity index is 2.63. The number of ether oxygens (including phenoxy) is 2. The molecule has 0 saturated heterocycles. The van der Waals surface area contributed by atoms with Crippen molar-refractivity contribution in [3.05, 3.63) is 85.1 Å². The predicted molar refractivity (Wildman–Crippen MR) is 260 cm³/mol. The van der Waals surface area contributed by atoms with Gasteiger partial charge in [-0.25, -0.2) is 9.13 Å². The summed E-state index contributed by atoms with van der Waals surface area (Å²) in [6.07, 6.45) is 29.4. The van der Waals surface area contributed by atoms with E-state index >= 15 is 0 Å². The Morgan fingerprint density at radius 2 is 1.03 bits per heavy atom. The maximum atomic E-state index is 13.0. The van der Waals surface area contributed by atoms with E-state index in [1.165, 1.54) is 0 Å². The highest BCUT2D eigenvalue weighted by atomic mass is 31.2. The third-order valence-electron chi connectivity index (χ3n) is 10.4. The number of hydrogen-bond acceptors (Lipinski definition) is 14. The van der Waals surface area contributed by atoms with E-state index in [2.05, 4.69) is 79.1 Å². The van der Waals surface area contributed by atoms with Gasteiger partial charge in [-0.15, -0.1) is 0 Å². The van der Waals surface area contributed by atoms with Gasteiger partial charge in [0, 0.05) is 19.3 Å². The number of unbranched alkanes of at least 4 members (excludes halogenated alkanes) is 10. The van der Waals surface area contributed by atoms with E-state index in [1.807, 2.05) is 12.2 Å². The van der Waals surface area contributed by atoms with Gasteiger partial charge >= 0.3 is 27.6 Å². The van der Waals surface area contributed by atoms with E-state index in [-0.39, 0.29) is 18.6 Å². The van der Waals surface area contributed by atoms with Crippen LogP contribution in [0.15, 0.2) is 85.1 Å². The molecule has 1 fully saturated rings. The smallest absolute Gasteiger partial charge is 0.462 e. The van der Waals surface area contributed by atoms with Crippen LogP contribution in [0, 0.1) is 0 Å². The maximum Gasteiger partial charge on any atom is 0.472 e. The van der Waals surface area contributed by atoms with Gasteiger partial charge < -0.3 is 44.6 Å². The summed E-state index contributed by atoms with van der Waals surface area (Å²) in [4.78, 5) is 66.1. The van der Waals surface area contributed by atoms with Crippen molar-refractivity contribution in [2.45, 2.75) is 191 Å². The van der Waals surface area contributed by atoms with E-state index in [0.717, 1.165) is 96.3 Å². The minimum atomic E-state index is -5.38. The number of aliphatic hydroxyl groups is 4. The lowest BCUT2D eigenvalue weighted by Gasteiger charge is -2.43. The molecule has 0 amide bonds. The number of phosphoric ester groups is 2. The van der Waals surface area contributed by atoms with Gasteiger partial charge in [0.15, 0.2) is 11.9 Å². The molecule has 0 bridgehead atoms. The number of aliphatic hydroxyl groups excluding tert-OH is 4. The molecular formula is C49H80O17P2. The SMILES string of the molecule is CC/C=C\C/C=C\C/C=C\C/C=C\C/C=C\CCCCCC(=O)OC[C@H](COP(=O)(O)O[C@H]1C(O)C(O)C(O)[C@@H](OP(=O)(O)O)C1O)OC(=O)CCCCCCC/C=C\C=C\C(=O)CCCCC. The van der Waals surface area contributed by atoms with Crippen molar-refractivity contribution < 1.29 is 81.7 Å². The molecular weight excluding hydrogens is 922 g/mol. The van der Waals surface area contributed by atoms with Crippen molar-refractivity contribution in [1.82, 2.24) is 0 Å². The molecule has 5 unspecified atom stereocenters. The molecule has 0 aliphatic heterocycles. The van der Waals surface area contributed by atoms with Crippen LogP contribution in [0.2, 0.25) is 0 Å². The Hall–Kier alpha value is -3.15. The second kappa shape index (κ2) is 38.6. The maximum absolute atomic E-state index is 13.0. The van der Waals surface area contributed by atoms with Crippen molar-refractivity contribution in [3.63, 3.8) is 0 Å². The minimum absolute atomic E-state index is 0.0196. The molecule has 0 aromatic rings. The fourth-order valence-electron chi connectivity index (χ4n) is 6.68. The third-order valence-corrected chi connectivity index (χ3v) is 11.9.